The highest BCUT2D eigenvalue weighted by Gasteiger charge is 2.15. The minimum atomic E-state index is -0.236. The average Bonchev–Trinajstić information content (AvgIpc) is 3.02. The molecule has 0 spiro atoms. The van der Waals surface area contributed by atoms with Gasteiger partial charge in [-0.25, -0.2) is 4.98 Å². The minimum absolute atomic E-state index is 0.0378. The molecule has 130 valence electrons. The number of nitrogens with one attached hydrogen (secondary N) is 1. The van der Waals surface area contributed by atoms with Gasteiger partial charge in [0.1, 0.15) is 22.5 Å². The van der Waals surface area contributed by atoms with Crippen molar-refractivity contribution in [3.63, 3.8) is 0 Å². The zero-order chi connectivity index (χ0) is 18.0. The minimum Gasteiger partial charge on any atom is -0.352 e. The Morgan fingerprint density at radius 2 is 2.04 bits per heavy atom. The van der Waals surface area contributed by atoms with Gasteiger partial charge in [0.25, 0.3) is 5.56 Å². The topological polar surface area (TPSA) is 76.9 Å². The van der Waals surface area contributed by atoms with E-state index in [2.05, 4.69) is 14.7 Å². The van der Waals surface area contributed by atoms with E-state index in [4.69, 9.17) is 0 Å². The van der Waals surface area contributed by atoms with Crippen LogP contribution in [0.25, 0.3) is 21.5 Å². The maximum Gasteiger partial charge on any atom is 0.273 e. The largest absolute Gasteiger partial charge is 0.352 e. The van der Waals surface area contributed by atoms with Crippen LogP contribution in [-0.2, 0) is 11.3 Å². The first kappa shape index (κ1) is 17.3. The van der Waals surface area contributed by atoms with Crippen molar-refractivity contribution < 1.29 is 4.79 Å². The van der Waals surface area contributed by atoms with Gasteiger partial charge in [-0.3, -0.25) is 14.2 Å². The van der Waals surface area contributed by atoms with Gasteiger partial charge in [-0.15, -0.1) is 0 Å². The Kier molecular flexibility index (Phi) is 4.94. The summed E-state index contributed by atoms with van der Waals surface area (Å²) in [5.41, 5.74) is 3.13. The predicted octanol–water partition coefficient (Wildman–Crippen LogP) is 2.74. The molecule has 3 rings (SSSR count). The van der Waals surface area contributed by atoms with E-state index < -0.39 is 0 Å². The quantitative estimate of drug-likeness (QED) is 0.762. The third kappa shape index (κ3) is 3.61. The molecule has 1 N–H and O–H groups in total. The number of rotatable bonds is 5. The Morgan fingerprint density at radius 3 is 2.72 bits per heavy atom. The van der Waals surface area contributed by atoms with Crippen LogP contribution in [-0.4, -0.2) is 25.9 Å². The lowest BCUT2D eigenvalue weighted by Gasteiger charge is -2.12. The summed E-state index contributed by atoms with van der Waals surface area (Å²) in [6, 6.07) is 8.02. The van der Waals surface area contributed by atoms with Gasteiger partial charge in [-0.05, 0) is 31.8 Å². The number of aryl methyl sites for hydroxylation is 1. The number of aromatic nitrogens is 3. The fourth-order valence-corrected chi connectivity index (χ4v) is 3.25. The number of hydrogen-bond acceptors (Lipinski definition) is 5. The van der Waals surface area contributed by atoms with Crippen molar-refractivity contribution in [2.45, 2.75) is 39.8 Å². The molecule has 0 unspecified atom stereocenters. The number of amides is 1. The van der Waals surface area contributed by atoms with E-state index in [0.717, 1.165) is 29.1 Å². The predicted molar refractivity (Wildman–Crippen MR) is 99.7 cm³/mol. The van der Waals surface area contributed by atoms with Crippen LogP contribution in [0.5, 0.6) is 0 Å². The van der Waals surface area contributed by atoms with Crippen LogP contribution in [0.2, 0.25) is 0 Å². The van der Waals surface area contributed by atoms with Gasteiger partial charge < -0.3 is 5.32 Å². The zero-order valence-corrected chi connectivity index (χ0v) is 15.3. The van der Waals surface area contributed by atoms with E-state index in [1.165, 1.54) is 10.9 Å². The number of hydrogen-bond donors (Lipinski definition) is 1. The molecule has 0 aliphatic carbocycles. The van der Waals surface area contributed by atoms with E-state index in [-0.39, 0.29) is 24.1 Å². The fraction of sp³-hybridized carbons (Fsp3) is 0.333. The van der Waals surface area contributed by atoms with Crippen LogP contribution < -0.4 is 10.9 Å². The Labute approximate surface area is 149 Å². The third-order valence-electron chi connectivity index (χ3n) is 4.11. The van der Waals surface area contributed by atoms with Crippen molar-refractivity contribution in [1.82, 2.24) is 19.2 Å². The van der Waals surface area contributed by atoms with Gasteiger partial charge in [-0.1, -0.05) is 36.8 Å². The van der Waals surface area contributed by atoms with Gasteiger partial charge in [0.15, 0.2) is 0 Å². The fourth-order valence-electron chi connectivity index (χ4n) is 2.45. The Bertz CT molecular complexity index is 959. The summed E-state index contributed by atoms with van der Waals surface area (Å²) < 4.78 is 6.20. The maximum atomic E-state index is 12.6. The summed E-state index contributed by atoms with van der Waals surface area (Å²) in [7, 11) is 0. The summed E-state index contributed by atoms with van der Waals surface area (Å²) in [5, 5.41) is 2.85. The average molecular weight is 356 g/mol. The van der Waals surface area contributed by atoms with Crippen LogP contribution >= 0.6 is 11.5 Å². The number of carbonyl (C=O) groups is 1. The second-order valence-corrected chi connectivity index (χ2v) is 6.90. The standard InChI is InChI=1S/C18H20N4O2S/c1-4-12(3)20-14(23)9-22-10-19-16-15(21-25-17(16)18(22)24)13-7-5-11(2)6-8-13/h5-8,10,12H,4,9H2,1-3H3,(H,20,23)/t12-/m0/s1. The smallest absolute Gasteiger partial charge is 0.273 e. The molecule has 25 heavy (non-hydrogen) atoms. The molecule has 0 fully saturated rings. The second-order valence-electron chi connectivity index (χ2n) is 6.13. The van der Waals surface area contributed by atoms with Crippen LogP contribution in [0.1, 0.15) is 25.8 Å². The third-order valence-corrected chi connectivity index (χ3v) is 4.93. The van der Waals surface area contributed by atoms with Crippen molar-refractivity contribution in [2.75, 3.05) is 0 Å². The molecule has 7 heteroatoms. The first-order chi connectivity index (χ1) is 12.0. The molecule has 0 bridgehead atoms. The van der Waals surface area contributed by atoms with Gasteiger partial charge in [0.2, 0.25) is 5.91 Å². The molecule has 2 aromatic heterocycles. The molecule has 1 amide bonds. The number of benzene rings is 1. The van der Waals surface area contributed by atoms with E-state index in [1.54, 1.807) is 0 Å². The first-order valence-electron chi connectivity index (χ1n) is 8.20. The van der Waals surface area contributed by atoms with Gasteiger partial charge in [0, 0.05) is 11.6 Å². The Hall–Kier alpha value is -2.54. The van der Waals surface area contributed by atoms with Crippen molar-refractivity contribution in [3.05, 3.63) is 46.5 Å². The highest BCUT2D eigenvalue weighted by atomic mass is 32.1. The molecule has 3 aromatic rings. The lowest BCUT2D eigenvalue weighted by atomic mass is 10.1. The van der Waals surface area contributed by atoms with Crippen molar-refractivity contribution in [3.8, 4) is 11.3 Å². The summed E-state index contributed by atoms with van der Waals surface area (Å²) in [6.07, 6.45) is 2.26. The van der Waals surface area contributed by atoms with Gasteiger partial charge in [0.05, 0.1) is 6.33 Å². The summed E-state index contributed by atoms with van der Waals surface area (Å²) in [6.45, 7) is 5.90. The van der Waals surface area contributed by atoms with Gasteiger partial charge >= 0.3 is 0 Å². The summed E-state index contributed by atoms with van der Waals surface area (Å²) >= 11 is 1.12. The van der Waals surface area contributed by atoms with Crippen molar-refractivity contribution >= 4 is 27.7 Å². The molecule has 0 radical (unpaired) electrons. The molecule has 1 aromatic carbocycles. The van der Waals surface area contributed by atoms with Gasteiger partial charge in [-0.2, -0.15) is 4.37 Å². The van der Waals surface area contributed by atoms with Crippen LogP contribution in [0, 0.1) is 6.92 Å². The second kappa shape index (κ2) is 7.14. The monoisotopic (exact) mass is 356 g/mol. The molecule has 6 nitrogen and oxygen atoms in total. The van der Waals surface area contributed by atoms with E-state index in [0.29, 0.717) is 15.9 Å². The lowest BCUT2D eigenvalue weighted by molar-refractivity contribution is -0.122. The molecule has 0 saturated carbocycles. The van der Waals surface area contributed by atoms with E-state index in [9.17, 15) is 9.59 Å². The van der Waals surface area contributed by atoms with Crippen LogP contribution in [0.4, 0.5) is 0 Å². The van der Waals surface area contributed by atoms with Crippen LogP contribution in [0.15, 0.2) is 35.4 Å². The van der Waals surface area contributed by atoms with Crippen molar-refractivity contribution in [1.29, 1.82) is 0 Å². The molecule has 0 aliphatic heterocycles. The Balaban J connectivity index is 1.93. The van der Waals surface area contributed by atoms with E-state index >= 15 is 0 Å². The zero-order valence-electron chi connectivity index (χ0n) is 14.4. The molecule has 0 aliphatic rings. The number of fused-ring (bicyclic) bond motifs is 1. The Morgan fingerprint density at radius 1 is 1.32 bits per heavy atom. The number of nitrogens with zero attached hydrogens (tertiary/aromatic N) is 3. The molecule has 1 atom stereocenters. The summed E-state index contributed by atoms with van der Waals surface area (Å²) in [4.78, 5) is 29.0. The highest BCUT2D eigenvalue weighted by Crippen LogP contribution is 2.27. The molecular formula is C18H20N4O2S. The number of carbonyl (C=O) groups excluding carboxylic acids is 1. The summed E-state index contributed by atoms with van der Waals surface area (Å²) in [5.74, 6) is -0.194. The SMILES string of the molecule is CC[C@H](C)NC(=O)Cn1cnc2c(-c3ccc(C)cc3)nsc2c1=O. The molecular weight excluding hydrogens is 336 g/mol. The molecule has 0 saturated heterocycles. The maximum absolute atomic E-state index is 12.6. The first-order valence-corrected chi connectivity index (χ1v) is 8.98. The highest BCUT2D eigenvalue weighted by molar-refractivity contribution is 7.13. The van der Waals surface area contributed by atoms with Crippen molar-refractivity contribution in [2.24, 2.45) is 0 Å². The van der Waals surface area contributed by atoms with E-state index in [1.807, 2.05) is 45.0 Å². The molecule has 2 heterocycles. The lowest BCUT2D eigenvalue weighted by Crippen LogP contribution is -2.37. The normalized spacial score (nSPS) is 12.3. The van der Waals surface area contributed by atoms with Crippen LogP contribution in [0.3, 0.4) is 0 Å².